The van der Waals surface area contributed by atoms with Crippen LogP contribution >= 0.6 is 0 Å². The molecule has 2 fully saturated rings. The minimum atomic E-state index is -2.91. The molecule has 1 aromatic rings. The van der Waals surface area contributed by atoms with Gasteiger partial charge in [-0.25, -0.2) is 8.42 Å². The van der Waals surface area contributed by atoms with E-state index in [0.29, 0.717) is 30.8 Å². The number of nitrogens with zero attached hydrogens (tertiary/aromatic N) is 4. The minimum Gasteiger partial charge on any atom is -0.351 e. The molecule has 1 saturated heterocycles. The van der Waals surface area contributed by atoms with Crippen LogP contribution in [0.25, 0.3) is 0 Å². The van der Waals surface area contributed by atoms with Crippen molar-refractivity contribution in [1.82, 2.24) is 15.2 Å². The number of hydrogen-bond donors (Lipinski definition) is 1. The molecule has 7 nitrogen and oxygen atoms in total. The molecule has 1 saturated carbocycles. The summed E-state index contributed by atoms with van der Waals surface area (Å²) in [7, 11) is -2.91. The van der Waals surface area contributed by atoms with Gasteiger partial charge in [0, 0.05) is 18.6 Å². The van der Waals surface area contributed by atoms with Crippen molar-refractivity contribution in [3.05, 3.63) is 6.20 Å². The van der Waals surface area contributed by atoms with Crippen molar-refractivity contribution < 1.29 is 8.42 Å². The summed E-state index contributed by atoms with van der Waals surface area (Å²) in [4.78, 5) is 6.61. The Morgan fingerprint density at radius 3 is 2.70 bits per heavy atom. The first-order chi connectivity index (χ1) is 11.1. The number of hydrogen-bond acceptors (Lipinski definition) is 7. The smallest absolute Gasteiger partial charge is 0.244 e. The van der Waals surface area contributed by atoms with Crippen molar-refractivity contribution in [2.24, 2.45) is 0 Å². The van der Waals surface area contributed by atoms with Crippen molar-refractivity contribution in [1.29, 1.82) is 0 Å². The average molecular weight is 339 g/mol. The molecule has 1 aliphatic carbocycles. The van der Waals surface area contributed by atoms with Gasteiger partial charge in [0.05, 0.1) is 17.7 Å². The normalized spacial score (nSPS) is 24.5. The van der Waals surface area contributed by atoms with E-state index in [1.165, 1.54) is 19.3 Å². The second-order valence-corrected chi connectivity index (χ2v) is 8.69. The van der Waals surface area contributed by atoms with Crippen LogP contribution in [0.15, 0.2) is 6.20 Å². The molecule has 1 aliphatic heterocycles. The van der Waals surface area contributed by atoms with Gasteiger partial charge in [0.1, 0.15) is 0 Å². The SMILES string of the molecule is CCN(c1cnnc(NC2CCCCC2)n1)C1CCS(=O)(=O)C1. The Hall–Kier alpha value is -1.44. The predicted molar refractivity (Wildman–Crippen MR) is 90.4 cm³/mol. The van der Waals surface area contributed by atoms with Crippen LogP contribution in [-0.2, 0) is 9.84 Å². The van der Waals surface area contributed by atoms with Crippen molar-refractivity contribution >= 4 is 21.6 Å². The maximum Gasteiger partial charge on any atom is 0.244 e. The summed E-state index contributed by atoms with van der Waals surface area (Å²) in [6, 6.07) is 0.409. The van der Waals surface area contributed by atoms with Gasteiger partial charge in [-0.05, 0) is 26.2 Å². The van der Waals surface area contributed by atoms with Crippen molar-refractivity contribution in [2.75, 3.05) is 28.3 Å². The number of rotatable bonds is 5. The van der Waals surface area contributed by atoms with Crippen LogP contribution in [0, 0.1) is 0 Å². The van der Waals surface area contributed by atoms with Crippen LogP contribution in [0.1, 0.15) is 45.4 Å². The maximum absolute atomic E-state index is 11.7. The summed E-state index contributed by atoms with van der Waals surface area (Å²) in [5, 5.41) is 11.5. The van der Waals surface area contributed by atoms with Gasteiger partial charge >= 0.3 is 0 Å². The van der Waals surface area contributed by atoms with Gasteiger partial charge in [0.2, 0.25) is 5.95 Å². The van der Waals surface area contributed by atoms with E-state index in [0.717, 1.165) is 12.8 Å². The lowest BCUT2D eigenvalue weighted by Crippen LogP contribution is -2.37. The van der Waals surface area contributed by atoms with Crippen LogP contribution in [0.4, 0.5) is 11.8 Å². The quantitative estimate of drug-likeness (QED) is 0.872. The first-order valence-corrected chi connectivity index (χ1v) is 10.3. The molecule has 2 aliphatic rings. The molecular weight excluding hydrogens is 314 g/mol. The summed E-state index contributed by atoms with van der Waals surface area (Å²) in [5.74, 6) is 1.73. The number of sulfone groups is 1. The van der Waals surface area contributed by atoms with Gasteiger partial charge in [-0.1, -0.05) is 19.3 Å². The topological polar surface area (TPSA) is 88.1 Å². The lowest BCUT2D eigenvalue weighted by atomic mass is 9.96. The molecule has 2 heterocycles. The third-order valence-electron chi connectivity index (χ3n) is 4.77. The first kappa shape index (κ1) is 16.4. The first-order valence-electron chi connectivity index (χ1n) is 8.51. The summed E-state index contributed by atoms with van der Waals surface area (Å²) in [6.07, 6.45) is 8.36. The highest BCUT2D eigenvalue weighted by Gasteiger charge is 2.32. The summed E-state index contributed by atoms with van der Waals surface area (Å²) >= 11 is 0. The monoisotopic (exact) mass is 339 g/mol. The molecular formula is C15H25N5O2S. The molecule has 0 bridgehead atoms. The van der Waals surface area contributed by atoms with Gasteiger partial charge < -0.3 is 10.2 Å². The fourth-order valence-electron chi connectivity index (χ4n) is 3.55. The third kappa shape index (κ3) is 4.10. The van der Waals surface area contributed by atoms with Crippen LogP contribution in [0.5, 0.6) is 0 Å². The Morgan fingerprint density at radius 1 is 1.26 bits per heavy atom. The molecule has 3 rings (SSSR count). The molecule has 0 aromatic carbocycles. The Labute approximate surface area is 137 Å². The van der Waals surface area contributed by atoms with E-state index in [1.54, 1.807) is 6.20 Å². The zero-order chi connectivity index (χ0) is 16.3. The molecule has 0 spiro atoms. The largest absolute Gasteiger partial charge is 0.351 e. The average Bonchev–Trinajstić information content (AvgIpc) is 2.89. The van der Waals surface area contributed by atoms with E-state index in [-0.39, 0.29) is 17.5 Å². The van der Waals surface area contributed by atoms with E-state index < -0.39 is 9.84 Å². The standard InChI is InChI=1S/C15H25N5O2S/c1-2-20(13-8-9-23(21,22)11-13)14-10-16-19-15(18-14)17-12-6-4-3-5-7-12/h10,12-13H,2-9,11H2,1H3,(H,17,18,19). The Morgan fingerprint density at radius 2 is 2.04 bits per heavy atom. The fourth-order valence-corrected chi connectivity index (χ4v) is 5.28. The molecule has 1 aromatic heterocycles. The minimum absolute atomic E-state index is 0.00997. The fraction of sp³-hybridized carbons (Fsp3) is 0.800. The van der Waals surface area contributed by atoms with E-state index in [2.05, 4.69) is 20.5 Å². The van der Waals surface area contributed by atoms with Gasteiger partial charge in [-0.2, -0.15) is 10.1 Å². The Bertz CT molecular complexity index is 631. The number of aromatic nitrogens is 3. The number of anilines is 2. The second-order valence-electron chi connectivity index (χ2n) is 6.46. The Kier molecular flexibility index (Phi) is 4.99. The van der Waals surface area contributed by atoms with Gasteiger partial charge in [0.25, 0.3) is 0 Å². The van der Waals surface area contributed by atoms with E-state index in [9.17, 15) is 8.42 Å². The van der Waals surface area contributed by atoms with Crippen LogP contribution in [-0.4, -0.2) is 53.7 Å². The van der Waals surface area contributed by atoms with Crippen LogP contribution in [0.2, 0.25) is 0 Å². The van der Waals surface area contributed by atoms with Gasteiger partial charge in [0.15, 0.2) is 15.7 Å². The summed E-state index contributed by atoms with van der Waals surface area (Å²) < 4.78 is 23.5. The second kappa shape index (κ2) is 6.98. The molecule has 8 heteroatoms. The Balaban J connectivity index is 1.72. The number of nitrogens with one attached hydrogen (secondary N) is 1. The van der Waals surface area contributed by atoms with E-state index >= 15 is 0 Å². The van der Waals surface area contributed by atoms with E-state index in [1.807, 2.05) is 11.8 Å². The van der Waals surface area contributed by atoms with Crippen molar-refractivity contribution in [3.63, 3.8) is 0 Å². The summed E-state index contributed by atoms with van der Waals surface area (Å²) in [6.45, 7) is 2.73. The van der Waals surface area contributed by atoms with Gasteiger partial charge in [-0.15, -0.1) is 5.10 Å². The highest BCUT2D eigenvalue weighted by atomic mass is 32.2. The zero-order valence-corrected chi connectivity index (χ0v) is 14.4. The lowest BCUT2D eigenvalue weighted by molar-refractivity contribution is 0.460. The summed E-state index contributed by atoms with van der Waals surface area (Å²) in [5.41, 5.74) is 0. The molecule has 1 unspecified atom stereocenters. The highest BCUT2D eigenvalue weighted by Crippen LogP contribution is 2.24. The predicted octanol–water partition coefficient (Wildman–Crippen LogP) is 1.63. The molecule has 0 amide bonds. The molecule has 0 radical (unpaired) electrons. The lowest BCUT2D eigenvalue weighted by Gasteiger charge is -2.28. The third-order valence-corrected chi connectivity index (χ3v) is 6.52. The van der Waals surface area contributed by atoms with Crippen molar-refractivity contribution in [2.45, 2.75) is 57.5 Å². The van der Waals surface area contributed by atoms with Crippen LogP contribution < -0.4 is 10.2 Å². The molecule has 1 N–H and O–H groups in total. The van der Waals surface area contributed by atoms with Gasteiger partial charge in [-0.3, -0.25) is 0 Å². The highest BCUT2D eigenvalue weighted by molar-refractivity contribution is 7.91. The zero-order valence-electron chi connectivity index (χ0n) is 13.6. The maximum atomic E-state index is 11.7. The van der Waals surface area contributed by atoms with Crippen molar-refractivity contribution in [3.8, 4) is 0 Å². The molecule has 23 heavy (non-hydrogen) atoms. The van der Waals surface area contributed by atoms with E-state index in [4.69, 9.17) is 0 Å². The van der Waals surface area contributed by atoms with Crippen LogP contribution in [0.3, 0.4) is 0 Å². The molecule has 128 valence electrons. The molecule has 1 atom stereocenters.